The monoisotopic (exact) mass is 471 g/mol. The molecule has 2 atom stereocenters. The van der Waals surface area contributed by atoms with E-state index in [1.165, 1.54) is 10.1 Å². The van der Waals surface area contributed by atoms with Crippen LogP contribution in [0.5, 0.6) is 11.5 Å². The summed E-state index contributed by atoms with van der Waals surface area (Å²) in [6.07, 6.45) is 1.69. The van der Waals surface area contributed by atoms with Crippen molar-refractivity contribution in [1.29, 1.82) is 0 Å². The Labute approximate surface area is 202 Å². The first-order valence-electron chi connectivity index (χ1n) is 12.3. The lowest BCUT2D eigenvalue weighted by Gasteiger charge is -2.29. The van der Waals surface area contributed by atoms with Crippen LogP contribution < -0.4 is 20.7 Å². The maximum absolute atomic E-state index is 13.1. The average Bonchev–Trinajstić information content (AvgIpc) is 3.31. The molecule has 1 aromatic heterocycles. The van der Waals surface area contributed by atoms with Gasteiger partial charge in [0.15, 0.2) is 0 Å². The van der Waals surface area contributed by atoms with Crippen molar-refractivity contribution in [2.75, 3.05) is 33.4 Å². The third-order valence-electron chi connectivity index (χ3n) is 7.57. The Morgan fingerprint density at radius 3 is 2.71 bits per heavy atom. The maximum Gasteiger partial charge on any atom is 0.328 e. The zero-order valence-corrected chi connectivity index (χ0v) is 19.8. The minimum absolute atomic E-state index is 0.220. The van der Waals surface area contributed by atoms with E-state index in [2.05, 4.69) is 9.88 Å². The fourth-order valence-electron chi connectivity index (χ4n) is 5.83. The molecule has 180 valence electrons. The number of likely N-dealkylation sites (tertiary alicyclic amines) is 1. The third-order valence-corrected chi connectivity index (χ3v) is 7.57. The predicted octanol–water partition coefficient (Wildman–Crippen LogP) is 3.74. The minimum atomic E-state index is -0.341. The van der Waals surface area contributed by atoms with Gasteiger partial charge in [0, 0.05) is 42.4 Å². The van der Waals surface area contributed by atoms with Gasteiger partial charge in [-0.25, -0.2) is 4.79 Å². The summed E-state index contributed by atoms with van der Waals surface area (Å²) in [5.74, 6) is 2.71. The zero-order chi connectivity index (χ0) is 23.9. The summed E-state index contributed by atoms with van der Waals surface area (Å²) >= 11 is 0. The number of aromatic nitrogens is 2. The number of nitrogens with zero attached hydrogens (tertiary/aromatic N) is 2. The quantitative estimate of drug-likeness (QED) is 0.343. The van der Waals surface area contributed by atoms with E-state index in [0.29, 0.717) is 29.3 Å². The van der Waals surface area contributed by atoms with Crippen molar-refractivity contribution in [1.82, 2.24) is 14.5 Å². The number of methoxy groups -OCH3 is 1. The molecule has 0 radical (unpaired) electrons. The fraction of sp³-hybridized carbons (Fsp3) is 0.357. The van der Waals surface area contributed by atoms with Gasteiger partial charge in [0.05, 0.1) is 24.6 Å². The van der Waals surface area contributed by atoms with E-state index < -0.39 is 0 Å². The Morgan fingerprint density at radius 1 is 0.971 bits per heavy atom. The van der Waals surface area contributed by atoms with Crippen LogP contribution in [0.25, 0.3) is 21.7 Å². The second kappa shape index (κ2) is 8.89. The summed E-state index contributed by atoms with van der Waals surface area (Å²) in [5, 5.41) is 2.45. The molecule has 0 spiro atoms. The molecule has 3 heterocycles. The number of unbranched alkanes of at least 4 members (excludes halogenated alkanes) is 1. The molecule has 0 aliphatic carbocycles. The lowest BCUT2D eigenvalue weighted by atomic mass is 9.86. The van der Waals surface area contributed by atoms with Crippen LogP contribution in [-0.2, 0) is 6.54 Å². The van der Waals surface area contributed by atoms with Gasteiger partial charge in [0.25, 0.3) is 5.56 Å². The van der Waals surface area contributed by atoms with Crippen LogP contribution >= 0.6 is 0 Å². The molecule has 2 aliphatic heterocycles. The van der Waals surface area contributed by atoms with E-state index in [-0.39, 0.29) is 11.2 Å². The summed E-state index contributed by atoms with van der Waals surface area (Å²) in [6, 6.07) is 17.5. The van der Waals surface area contributed by atoms with E-state index in [9.17, 15) is 9.59 Å². The Kier molecular flexibility index (Phi) is 5.57. The standard InChI is InChI=1S/C28H29N3O4/c1-34-23-9-6-10-24-25(23)22-16-30(15-19(22)17-35-24)13-4-5-14-31-27(32)21-12-11-18-7-2-3-8-20(18)26(21)29-28(31)33/h2-3,6-12,19,22H,4-5,13-17H2,1H3,(H,29,33)/t19-,22-/m1/s1. The molecule has 1 saturated heterocycles. The van der Waals surface area contributed by atoms with Crippen LogP contribution in [0.15, 0.2) is 64.2 Å². The van der Waals surface area contributed by atoms with Crippen molar-refractivity contribution >= 4 is 21.7 Å². The van der Waals surface area contributed by atoms with Gasteiger partial charge in [0.1, 0.15) is 11.5 Å². The van der Waals surface area contributed by atoms with Crippen LogP contribution in [-0.4, -0.2) is 47.8 Å². The number of ether oxygens (including phenoxy) is 2. The molecule has 6 rings (SSSR count). The Hall–Kier alpha value is -3.58. The van der Waals surface area contributed by atoms with Gasteiger partial charge in [-0.3, -0.25) is 9.36 Å². The molecular formula is C28H29N3O4. The van der Waals surface area contributed by atoms with E-state index in [1.54, 1.807) is 7.11 Å². The van der Waals surface area contributed by atoms with Crippen LogP contribution in [0.1, 0.15) is 24.3 Å². The lowest BCUT2D eigenvalue weighted by molar-refractivity contribution is 0.209. The van der Waals surface area contributed by atoms with E-state index in [0.717, 1.165) is 61.4 Å². The Bertz CT molecular complexity index is 1510. The molecule has 7 heteroatoms. The van der Waals surface area contributed by atoms with Crippen LogP contribution in [0.2, 0.25) is 0 Å². The number of nitrogens with one attached hydrogen (secondary N) is 1. The second-order valence-corrected chi connectivity index (χ2v) is 9.61. The van der Waals surface area contributed by atoms with Crippen molar-refractivity contribution in [3.05, 3.63) is 81.0 Å². The first-order valence-corrected chi connectivity index (χ1v) is 12.3. The topological polar surface area (TPSA) is 76.6 Å². The van der Waals surface area contributed by atoms with Crippen molar-refractivity contribution < 1.29 is 9.47 Å². The molecule has 4 aromatic rings. The summed E-state index contributed by atoms with van der Waals surface area (Å²) in [6.45, 7) is 4.05. The molecule has 0 amide bonds. The minimum Gasteiger partial charge on any atom is -0.496 e. The fourth-order valence-corrected chi connectivity index (χ4v) is 5.83. The lowest BCUT2D eigenvalue weighted by Crippen LogP contribution is -2.35. The van der Waals surface area contributed by atoms with Crippen LogP contribution in [0.4, 0.5) is 0 Å². The highest BCUT2D eigenvalue weighted by Gasteiger charge is 2.40. The van der Waals surface area contributed by atoms with Gasteiger partial charge in [-0.1, -0.05) is 36.4 Å². The van der Waals surface area contributed by atoms with E-state index in [4.69, 9.17) is 9.47 Å². The summed E-state index contributed by atoms with van der Waals surface area (Å²) < 4.78 is 13.0. The van der Waals surface area contributed by atoms with Crippen molar-refractivity contribution in [3.63, 3.8) is 0 Å². The first kappa shape index (κ1) is 21.9. The number of hydrogen-bond acceptors (Lipinski definition) is 5. The normalized spacial score (nSPS) is 19.5. The van der Waals surface area contributed by atoms with E-state index >= 15 is 0 Å². The van der Waals surface area contributed by atoms with Gasteiger partial charge >= 0.3 is 5.69 Å². The number of aromatic amines is 1. The number of benzene rings is 3. The largest absolute Gasteiger partial charge is 0.496 e. The van der Waals surface area contributed by atoms with Crippen molar-refractivity contribution in [2.45, 2.75) is 25.3 Å². The molecule has 0 bridgehead atoms. The molecule has 0 saturated carbocycles. The van der Waals surface area contributed by atoms with Crippen LogP contribution in [0.3, 0.4) is 0 Å². The predicted molar refractivity (Wildman–Crippen MR) is 137 cm³/mol. The maximum atomic E-state index is 13.1. The summed E-state index contributed by atoms with van der Waals surface area (Å²) in [5.41, 5.74) is 1.25. The molecule has 2 aliphatic rings. The van der Waals surface area contributed by atoms with Gasteiger partial charge in [0.2, 0.25) is 0 Å². The Balaban J connectivity index is 1.13. The van der Waals surface area contributed by atoms with Gasteiger partial charge in [-0.15, -0.1) is 0 Å². The second-order valence-electron chi connectivity index (χ2n) is 9.61. The van der Waals surface area contributed by atoms with Crippen molar-refractivity contribution in [3.8, 4) is 11.5 Å². The van der Waals surface area contributed by atoms with E-state index in [1.807, 2.05) is 54.6 Å². The molecule has 3 aromatic carbocycles. The highest BCUT2D eigenvalue weighted by atomic mass is 16.5. The number of rotatable bonds is 6. The van der Waals surface area contributed by atoms with Gasteiger partial charge < -0.3 is 19.4 Å². The molecule has 0 unspecified atom stereocenters. The smallest absolute Gasteiger partial charge is 0.328 e. The summed E-state index contributed by atoms with van der Waals surface area (Å²) in [7, 11) is 1.71. The number of fused-ring (bicyclic) bond motifs is 6. The third kappa shape index (κ3) is 3.80. The molecule has 1 fully saturated rings. The molecule has 7 nitrogen and oxygen atoms in total. The average molecular weight is 472 g/mol. The molecule has 35 heavy (non-hydrogen) atoms. The summed E-state index contributed by atoms with van der Waals surface area (Å²) in [4.78, 5) is 31.3. The van der Waals surface area contributed by atoms with Crippen molar-refractivity contribution in [2.24, 2.45) is 5.92 Å². The molecule has 1 N–H and O–H groups in total. The number of H-pyrrole nitrogens is 1. The zero-order valence-electron chi connectivity index (χ0n) is 19.8. The van der Waals surface area contributed by atoms with Gasteiger partial charge in [-0.05, 0) is 43.0 Å². The Morgan fingerprint density at radius 2 is 1.83 bits per heavy atom. The number of hydrogen-bond donors (Lipinski definition) is 1. The SMILES string of the molecule is COc1cccc2c1[C@@H]1CN(CCCCn3c(=O)[nH]c4c(ccc5ccccc54)c3=O)C[C@@H]1CO2. The van der Waals surface area contributed by atoms with Gasteiger partial charge in [-0.2, -0.15) is 0 Å². The molecular weight excluding hydrogens is 442 g/mol. The highest BCUT2D eigenvalue weighted by molar-refractivity contribution is 6.04. The highest BCUT2D eigenvalue weighted by Crippen LogP contribution is 2.46. The first-order chi connectivity index (χ1) is 17.1. The van der Waals surface area contributed by atoms with Crippen LogP contribution in [0, 0.1) is 5.92 Å².